The lowest BCUT2D eigenvalue weighted by Gasteiger charge is -2.17. The summed E-state index contributed by atoms with van der Waals surface area (Å²) in [5, 5.41) is 2.77. The third-order valence-corrected chi connectivity index (χ3v) is 6.49. The van der Waals surface area contributed by atoms with Crippen molar-refractivity contribution in [3.8, 4) is 0 Å². The van der Waals surface area contributed by atoms with Crippen molar-refractivity contribution >= 4 is 16.1 Å². The van der Waals surface area contributed by atoms with E-state index in [1.807, 2.05) is 36.4 Å². The van der Waals surface area contributed by atoms with Crippen LogP contribution in [0.5, 0.6) is 0 Å². The van der Waals surface area contributed by atoms with Crippen molar-refractivity contribution in [1.29, 1.82) is 0 Å². The number of nitrogens with one attached hydrogen (secondary N) is 1. The fourth-order valence-electron chi connectivity index (χ4n) is 3.33. The number of hydrogen-bond donors (Lipinski definition) is 1. The van der Waals surface area contributed by atoms with Gasteiger partial charge in [-0.2, -0.15) is 0 Å². The second-order valence-electron chi connectivity index (χ2n) is 6.48. The first-order valence-corrected chi connectivity index (χ1v) is 10.4. The molecule has 1 atom stereocenters. The van der Waals surface area contributed by atoms with Crippen molar-refractivity contribution in [2.24, 2.45) is 0 Å². The quantitative estimate of drug-likeness (QED) is 0.841. The monoisotopic (exact) mass is 372 g/mol. The Morgan fingerprint density at radius 1 is 1.08 bits per heavy atom. The van der Waals surface area contributed by atoms with E-state index >= 15 is 0 Å². The maximum atomic E-state index is 13.0. The normalized spacial score (nSPS) is 17.4. The largest absolute Gasteiger partial charge is 0.331 e. The molecule has 26 heavy (non-hydrogen) atoms. The molecule has 3 rings (SSSR count). The fourth-order valence-corrected chi connectivity index (χ4v) is 4.74. The molecule has 2 amide bonds. The summed E-state index contributed by atoms with van der Waals surface area (Å²) in [5.41, 5.74) is 3.08. The van der Waals surface area contributed by atoms with E-state index in [0.29, 0.717) is 0 Å². The molecule has 5 nitrogen and oxygen atoms in total. The molecule has 0 aliphatic carbocycles. The lowest BCUT2D eigenvalue weighted by atomic mass is 10.0. The summed E-state index contributed by atoms with van der Waals surface area (Å²) in [4.78, 5) is 12.5. The Hall–Kier alpha value is -2.34. The van der Waals surface area contributed by atoms with E-state index in [1.54, 1.807) is 12.1 Å². The molecule has 1 heterocycles. The van der Waals surface area contributed by atoms with E-state index < -0.39 is 16.1 Å². The Morgan fingerprint density at radius 2 is 1.81 bits per heavy atom. The van der Waals surface area contributed by atoms with Crippen molar-refractivity contribution in [3.63, 3.8) is 0 Å². The summed E-state index contributed by atoms with van der Waals surface area (Å²) in [6, 6.07) is 13.7. The van der Waals surface area contributed by atoms with E-state index in [1.165, 1.54) is 0 Å². The van der Waals surface area contributed by atoms with Gasteiger partial charge in [0.25, 0.3) is 10.0 Å². The minimum Gasteiger partial charge on any atom is -0.328 e. The van der Waals surface area contributed by atoms with Gasteiger partial charge in [-0.25, -0.2) is 17.5 Å². The molecule has 1 aliphatic heterocycles. The highest BCUT2D eigenvalue weighted by atomic mass is 32.2. The van der Waals surface area contributed by atoms with Crippen LogP contribution in [0.15, 0.2) is 53.4 Å². The van der Waals surface area contributed by atoms with Crippen LogP contribution in [0.2, 0.25) is 0 Å². The highest BCUT2D eigenvalue weighted by molar-refractivity contribution is 7.89. The van der Waals surface area contributed by atoms with Gasteiger partial charge in [0.2, 0.25) is 0 Å². The van der Waals surface area contributed by atoms with E-state index in [9.17, 15) is 13.2 Å². The Balaban J connectivity index is 1.91. The van der Waals surface area contributed by atoms with Gasteiger partial charge in [-0.15, -0.1) is 0 Å². The molecule has 6 heteroatoms. The second kappa shape index (κ2) is 7.50. The van der Waals surface area contributed by atoms with Crippen LogP contribution in [0.3, 0.4) is 0 Å². The van der Waals surface area contributed by atoms with Gasteiger partial charge < -0.3 is 5.32 Å². The van der Waals surface area contributed by atoms with Gasteiger partial charge in [0.15, 0.2) is 0 Å². The van der Waals surface area contributed by atoms with E-state index in [-0.39, 0.29) is 17.5 Å². The van der Waals surface area contributed by atoms with Crippen molar-refractivity contribution in [3.05, 3.63) is 65.2 Å². The molecule has 0 saturated carbocycles. The zero-order valence-corrected chi connectivity index (χ0v) is 15.9. The maximum absolute atomic E-state index is 13.0. The second-order valence-corrected chi connectivity index (χ2v) is 8.35. The molecular formula is C20H24N2O3S. The number of aryl methyl sites for hydroxylation is 2. The standard InChI is InChI=1S/C20H24N2O3S/c1-3-8-17-13-18(12-11-15(17)4-2)26(24,25)22-14-19(21-20(22)23)16-9-6-5-7-10-16/h5-7,9-13,19H,3-4,8,14H2,1-2H3,(H,21,23). The van der Waals surface area contributed by atoms with E-state index in [4.69, 9.17) is 0 Å². The molecule has 0 radical (unpaired) electrons. The van der Waals surface area contributed by atoms with Crippen LogP contribution in [-0.4, -0.2) is 25.3 Å². The van der Waals surface area contributed by atoms with Crippen LogP contribution < -0.4 is 5.32 Å². The number of carbonyl (C=O) groups excluding carboxylic acids is 1. The van der Waals surface area contributed by atoms with Crippen LogP contribution in [0.4, 0.5) is 4.79 Å². The lowest BCUT2D eigenvalue weighted by Crippen LogP contribution is -2.34. The molecule has 1 N–H and O–H groups in total. The van der Waals surface area contributed by atoms with Crippen molar-refractivity contribution in [2.45, 2.75) is 44.0 Å². The van der Waals surface area contributed by atoms with Crippen molar-refractivity contribution in [2.75, 3.05) is 6.54 Å². The summed E-state index contributed by atoms with van der Waals surface area (Å²) in [6.07, 6.45) is 2.62. The van der Waals surface area contributed by atoms with Crippen molar-refractivity contribution in [1.82, 2.24) is 9.62 Å². The molecule has 1 aliphatic rings. The van der Waals surface area contributed by atoms with Crippen molar-refractivity contribution < 1.29 is 13.2 Å². The van der Waals surface area contributed by atoms with Crippen LogP contribution in [0.1, 0.15) is 43.0 Å². The van der Waals surface area contributed by atoms with Gasteiger partial charge in [-0.1, -0.05) is 56.7 Å². The molecule has 1 saturated heterocycles. The van der Waals surface area contributed by atoms with E-state index in [0.717, 1.165) is 40.3 Å². The predicted octanol–water partition coefficient (Wildman–Crippen LogP) is 3.66. The molecule has 0 spiro atoms. The molecule has 2 aromatic carbocycles. The fraction of sp³-hybridized carbons (Fsp3) is 0.350. The van der Waals surface area contributed by atoms with Gasteiger partial charge in [0, 0.05) is 0 Å². The molecule has 0 aromatic heterocycles. The number of hydrogen-bond acceptors (Lipinski definition) is 3. The molecule has 2 aromatic rings. The van der Waals surface area contributed by atoms with Gasteiger partial charge in [-0.05, 0) is 41.7 Å². The highest BCUT2D eigenvalue weighted by Crippen LogP contribution is 2.27. The van der Waals surface area contributed by atoms with Crippen LogP contribution in [0, 0.1) is 0 Å². The first kappa shape index (κ1) is 18.5. The third-order valence-electron chi connectivity index (χ3n) is 4.74. The number of amides is 2. The van der Waals surface area contributed by atoms with Gasteiger partial charge in [0.1, 0.15) is 0 Å². The first-order valence-electron chi connectivity index (χ1n) is 8.97. The van der Waals surface area contributed by atoms with Gasteiger partial charge >= 0.3 is 6.03 Å². The van der Waals surface area contributed by atoms with Gasteiger partial charge in [0.05, 0.1) is 17.5 Å². The number of nitrogens with zero attached hydrogens (tertiary/aromatic N) is 1. The number of benzene rings is 2. The number of urea groups is 1. The topological polar surface area (TPSA) is 66.5 Å². The summed E-state index contributed by atoms with van der Waals surface area (Å²) in [7, 11) is -3.87. The summed E-state index contributed by atoms with van der Waals surface area (Å²) >= 11 is 0. The summed E-state index contributed by atoms with van der Waals surface area (Å²) in [6.45, 7) is 4.23. The van der Waals surface area contributed by atoms with Crippen LogP contribution in [0.25, 0.3) is 0 Å². The number of sulfonamides is 1. The molecular weight excluding hydrogens is 348 g/mol. The zero-order valence-electron chi connectivity index (χ0n) is 15.1. The average molecular weight is 372 g/mol. The molecule has 0 bridgehead atoms. The van der Waals surface area contributed by atoms with Gasteiger partial charge in [-0.3, -0.25) is 0 Å². The Labute approximate surface area is 155 Å². The Kier molecular flexibility index (Phi) is 5.32. The van der Waals surface area contributed by atoms with E-state index in [2.05, 4.69) is 19.2 Å². The molecule has 1 unspecified atom stereocenters. The number of rotatable bonds is 6. The predicted molar refractivity (Wildman–Crippen MR) is 101 cm³/mol. The summed E-state index contributed by atoms with van der Waals surface area (Å²) in [5.74, 6) is 0. The Bertz CT molecular complexity index is 895. The lowest BCUT2D eigenvalue weighted by molar-refractivity contribution is 0.235. The van der Waals surface area contributed by atoms with Crippen LogP contribution >= 0.6 is 0 Å². The summed E-state index contributed by atoms with van der Waals surface area (Å²) < 4.78 is 27.0. The minimum absolute atomic E-state index is 0.101. The van der Waals surface area contributed by atoms with Crippen LogP contribution in [-0.2, 0) is 22.9 Å². The molecule has 138 valence electrons. The maximum Gasteiger partial charge on any atom is 0.331 e. The number of carbonyl (C=O) groups is 1. The zero-order chi connectivity index (χ0) is 18.7. The Morgan fingerprint density at radius 3 is 2.46 bits per heavy atom. The minimum atomic E-state index is -3.87. The molecule has 1 fully saturated rings. The average Bonchev–Trinajstić information content (AvgIpc) is 3.05. The highest BCUT2D eigenvalue weighted by Gasteiger charge is 2.38. The third kappa shape index (κ3) is 3.46. The SMILES string of the molecule is CCCc1cc(S(=O)(=O)N2CC(c3ccccc3)NC2=O)ccc1CC. The smallest absolute Gasteiger partial charge is 0.328 e. The first-order chi connectivity index (χ1) is 12.5.